The van der Waals surface area contributed by atoms with E-state index in [0.717, 1.165) is 27.5 Å². The molecule has 0 bridgehead atoms. The molecule has 4 rings (SSSR count). The van der Waals surface area contributed by atoms with Gasteiger partial charge in [-0.25, -0.2) is 9.37 Å². The average Bonchev–Trinajstić information content (AvgIpc) is 3.05. The molecule has 0 fully saturated rings. The molecule has 0 aliphatic carbocycles. The second-order valence-electron chi connectivity index (χ2n) is 5.51. The zero-order valence-electron chi connectivity index (χ0n) is 12.9. The number of aromatic amines is 1. The second kappa shape index (κ2) is 5.45. The van der Waals surface area contributed by atoms with E-state index in [9.17, 15) is 9.18 Å². The molecule has 2 aromatic carbocycles. The van der Waals surface area contributed by atoms with Gasteiger partial charge in [-0.2, -0.15) is 0 Å². The minimum Gasteiger partial charge on any atom is -0.358 e. The van der Waals surface area contributed by atoms with Gasteiger partial charge in [-0.15, -0.1) is 0 Å². The molecule has 2 aromatic heterocycles. The van der Waals surface area contributed by atoms with Crippen LogP contribution in [0.2, 0.25) is 0 Å². The molecule has 2 N–H and O–H groups in total. The lowest BCUT2D eigenvalue weighted by Gasteiger charge is -2.06. The first kappa shape index (κ1) is 14.4. The lowest BCUT2D eigenvalue weighted by atomic mass is 10.0. The van der Waals surface area contributed by atoms with Gasteiger partial charge < -0.3 is 10.3 Å². The standard InChI is InChI=1S/C19H14FN3O/c1-21-19(24)13-5-3-7-16-11(13)8-9-17(23-16)14-10-22-18-12(14)4-2-6-15(18)20/h2-10,22H,1H3,(H,21,24). The second-order valence-corrected chi connectivity index (χ2v) is 5.51. The van der Waals surface area contributed by atoms with Crippen molar-refractivity contribution in [1.29, 1.82) is 0 Å². The predicted molar refractivity (Wildman–Crippen MR) is 92.4 cm³/mol. The molecule has 0 spiro atoms. The molecular weight excluding hydrogens is 305 g/mol. The third-order valence-electron chi connectivity index (χ3n) is 4.14. The van der Waals surface area contributed by atoms with E-state index >= 15 is 0 Å². The summed E-state index contributed by atoms with van der Waals surface area (Å²) in [6, 6.07) is 14.1. The molecule has 0 saturated heterocycles. The van der Waals surface area contributed by atoms with Crippen LogP contribution in [0.5, 0.6) is 0 Å². The Hall–Kier alpha value is -3.21. The van der Waals surface area contributed by atoms with E-state index in [1.165, 1.54) is 6.07 Å². The molecule has 24 heavy (non-hydrogen) atoms. The van der Waals surface area contributed by atoms with Crippen molar-refractivity contribution in [2.75, 3.05) is 7.05 Å². The van der Waals surface area contributed by atoms with E-state index in [-0.39, 0.29) is 11.7 Å². The van der Waals surface area contributed by atoms with Gasteiger partial charge in [-0.3, -0.25) is 4.79 Å². The Morgan fingerprint density at radius 3 is 2.75 bits per heavy atom. The lowest BCUT2D eigenvalue weighted by molar-refractivity contribution is 0.0964. The van der Waals surface area contributed by atoms with Crippen molar-refractivity contribution in [2.24, 2.45) is 0 Å². The average molecular weight is 319 g/mol. The number of nitrogens with zero attached hydrogens (tertiary/aromatic N) is 1. The first-order valence-electron chi connectivity index (χ1n) is 7.57. The van der Waals surface area contributed by atoms with Gasteiger partial charge in [0.25, 0.3) is 5.91 Å². The van der Waals surface area contributed by atoms with E-state index in [2.05, 4.69) is 15.3 Å². The summed E-state index contributed by atoms with van der Waals surface area (Å²) >= 11 is 0. The quantitative estimate of drug-likeness (QED) is 0.589. The molecule has 4 aromatic rings. The fourth-order valence-corrected chi connectivity index (χ4v) is 2.97. The number of amides is 1. The van der Waals surface area contributed by atoms with Crippen LogP contribution in [0.25, 0.3) is 33.1 Å². The number of H-pyrrole nitrogens is 1. The highest BCUT2D eigenvalue weighted by Gasteiger charge is 2.13. The first-order valence-corrected chi connectivity index (χ1v) is 7.57. The maximum absolute atomic E-state index is 13.9. The number of rotatable bonds is 2. The summed E-state index contributed by atoms with van der Waals surface area (Å²) in [5, 5.41) is 4.20. The van der Waals surface area contributed by atoms with Crippen molar-refractivity contribution in [1.82, 2.24) is 15.3 Å². The number of para-hydroxylation sites is 1. The Kier molecular flexibility index (Phi) is 3.27. The van der Waals surface area contributed by atoms with Crippen molar-refractivity contribution in [3.8, 4) is 11.3 Å². The molecule has 2 heterocycles. The van der Waals surface area contributed by atoms with Crippen molar-refractivity contribution in [3.05, 3.63) is 66.1 Å². The third kappa shape index (κ3) is 2.13. The van der Waals surface area contributed by atoms with Crippen LogP contribution >= 0.6 is 0 Å². The topological polar surface area (TPSA) is 57.8 Å². The fourth-order valence-electron chi connectivity index (χ4n) is 2.97. The van der Waals surface area contributed by atoms with Crippen LogP contribution in [0.4, 0.5) is 4.39 Å². The molecule has 0 unspecified atom stereocenters. The van der Waals surface area contributed by atoms with Crippen LogP contribution in [-0.2, 0) is 0 Å². The molecule has 0 radical (unpaired) electrons. The molecule has 0 aliphatic heterocycles. The summed E-state index contributed by atoms with van der Waals surface area (Å²) in [7, 11) is 1.60. The van der Waals surface area contributed by atoms with Gasteiger partial charge in [0.1, 0.15) is 5.82 Å². The van der Waals surface area contributed by atoms with Crippen molar-refractivity contribution < 1.29 is 9.18 Å². The highest BCUT2D eigenvalue weighted by Crippen LogP contribution is 2.30. The Morgan fingerprint density at radius 1 is 1.08 bits per heavy atom. The Bertz CT molecular complexity index is 1080. The number of aromatic nitrogens is 2. The van der Waals surface area contributed by atoms with Crippen molar-refractivity contribution >= 4 is 27.7 Å². The Labute approximate surface area is 137 Å². The third-order valence-corrected chi connectivity index (χ3v) is 4.14. The summed E-state index contributed by atoms with van der Waals surface area (Å²) < 4.78 is 13.9. The zero-order valence-corrected chi connectivity index (χ0v) is 12.9. The van der Waals surface area contributed by atoms with Crippen LogP contribution < -0.4 is 5.32 Å². The number of carbonyl (C=O) groups is 1. The number of nitrogens with one attached hydrogen (secondary N) is 2. The maximum atomic E-state index is 13.9. The molecular formula is C19H14FN3O. The van der Waals surface area contributed by atoms with Gasteiger partial charge in [0.05, 0.1) is 16.7 Å². The number of fused-ring (bicyclic) bond motifs is 2. The van der Waals surface area contributed by atoms with Crippen molar-refractivity contribution in [2.45, 2.75) is 0 Å². The summed E-state index contributed by atoms with van der Waals surface area (Å²) in [6.07, 6.45) is 1.75. The summed E-state index contributed by atoms with van der Waals surface area (Å²) in [4.78, 5) is 19.6. The first-order chi connectivity index (χ1) is 11.7. The van der Waals surface area contributed by atoms with E-state index in [0.29, 0.717) is 11.1 Å². The molecule has 0 atom stereocenters. The van der Waals surface area contributed by atoms with Gasteiger partial charge in [0, 0.05) is 35.1 Å². The number of hydrogen-bond acceptors (Lipinski definition) is 2. The van der Waals surface area contributed by atoms with Crippen LogP contribution in [0.3, 0.4) is 0 Å². The lowest BCUT2D eigenvalue weighted by Crippen LogP contribution is -2.18. The predicted octanol–water partition coefficient (Wildman–Crippen LogP) is 3.88. The highest BCUT2D eigenvalue weighted by molar-refractivity contribution is 6.06. The number of benzene rings is 2. The number of halogens is 1. The summed E-state index contributed by atoms with van der Waals surface area (Å²) in [5.41, 5.74) is 3.33. The minimum atomic E-state index is -0.290. The van der Waals surface area contributed by atoms with Gasteiger partial charge in [-0.1, -0.05) is 18.2 Å². The normalized spacial score (nSPS) is 11.1. The van der Waals surface area contributed by atoms with Crippen LogP contribution in [0.1, 0.15) is 10.4 Å². The van der Waals surface area contributed by atoms with E-state index in [1.54, 1.807) is 31.4 Å². The summed E-state index contributed by atoms with van der Waals surface area (Å²) in [5.74, 6) is -0.439. The Balaban J connectivity index is 1.92. The largest absolute Gasteiger partial charge is 0.358 e. The number of carbonyl (C=O) groups excluding carboxylic acids is 1. The monoisotopic (exact) mass is 319 g/mol. The zero-order chi connectivity index (χ0) is 16.7. The highest BCUT2D eigenvalue weighted by atomic mass is 19.1. The van der Waals surface area contributed by atoms with Gasteiger partial charge in [0.2, 0.25) is 0 Å². The van der Waals surface area contributed by atoms with Gasteiger partial charge >= 0.3 is 0 Å². The smallest absolute Gasteiger partial charge is 0.251 e. The fraction of sp³-hybridized carbons (Fsp3) is 0.0526. The van der Waals surface area contributed by atoms with E-state index < -0.39 is 0 Å². The van der Waals surface area contributed by atoms with Gasteiger partial charge in [-0.05, 0) is 30.3 Å². The van der Waals surface area contributed by atoms with E-state index in [4.69, 9.17) is 0 Å². The SMILES string of the molecule is CNC(=O)c1cccc2nc(-c3c[nH]c4c(F)cccc34)ccc12. The molecule has 5 heteroatoms. The van der Waals surface area contributed by atoms with Crippen LogP contribution in [0.15, 0.2) is 54.7 Å². The number of hydrogen-bond donors (Lipinski definition) is 2. The number of pyridine rings is 1. The molecule has 0 saturated carbocycles. The minimum absolute atomic E-state index is 0.149. The molecule has 1 amide bonds. The van der Waals surface area contributed by atoms with Crippen LogP contribution in [0, 0.1) is 5.82 Å². The summed E-state index contributed by atoms with van der Waals surface area (Å²) in [6.45, 7) is 0. The Morgan fingerprint density at radius 2 is 1.92 bits per heavy atom. The van der Waals surface area contributed by atoms with Crippen LogP contribution in [-0.4, -0.2) is 22.9 Å². The molecule has 4 nitrogen and oxygen atoms in total. The molecule has 0 aliphatic rings. The van der Waals surface area contributed by atoms with Gasteiger partial charge in [0.15, 0.2) is 0 Å². The van der Waals surface area contributed by atoms with E-state index in [1.807, 2.05) is 24.3 Å². The maximum Gasteiger partial charge on any atom is 0.251 e. The van der Waals surface area contributed by atoms with Crippen molar-refractivity contribution in [3.63, 3.8) is 0 Å². The molecule has 118 valence electrons.